The Morgan fingerprint density at radius 3 is 1.60 bits per heavy atom. The van der Waals surface area contributed by atoms with Gasteiger partial charge in [0.1, 0.15) is 5.82 Å². The van der Waals surface area contributed by atoms with Gasteiger partial charge in [-0.3, -0.25) is 9.88 Å². The highest BCUT2D eigenvalue weighted by Gasteiger charge is 2.51. The number of benzene rings is 1. The molecular formula is C29H30F9N5O8S. The van der Waals surface area contributed by atoms with Gasteiger partial charge in [-0.15, -0.1) is 0 Å². The fourth-order valence-corrected chi connectivity index (χ4v) is 6.43. The molecule has 5 rings (SSSR count). The van der Waals surface area contributed by atoms with Crippen LogP contribution in [0.1, 0.15) is 24.2 Å². The van der Waals surface area contributed by atoms with Gasteiger partial charge in [0.15, 0.2) is 0 Å². The number of piperidine rings is 1. The fraction of sp³-hybridized carbons (Fsp3) is 0.414. The lowest BCUT2D eigenvalue weighted by atomic mass is 9.85. The van der Waals surface area contributed by atoms with Gasteiger partial charge in [-0.1, -0.05) is 30.3 Å². The first-order valence-electron chi connectivity index (χ1n) is 14.4. The number of alkyl halides is 9. The van der Waals surface area contributed by atoms with E-state index in [2.05, 4.69) is 26.6 Å². The van der Waals surface area contributed by atoms with Crippen LogP contribution in [0.25, 0.3) is 11.3 Å². The van der Waals surface area contributed by atoms with Crippen molar-refractivity contribution in [3.63, 3.8) is 0 Å². The first-order chi connectivity index (χ1) is 23.8. The summed E-state index contributed by atoms with van der Waals surface area (Å²) in [6.07, 6.45) is -6.92. The van der Waals surface area contributed by atoms with E-state index in [1.165, 1.54) is 11.8 Å². The predicted molar refractivity (Wildman–Crippen MR) is 161 cm³/mol. The summed E-state index contributed by atoms with van der Waals surface area (Å²) in [6, 6.07) is 14.3. The minimum Gasteiger partial charge on any atom is -0.475 e. The van der Waals surface area contributed by atoms with Crippen molar-refractivity contribution in [3.05, 3.63) is 72.4 Å². The van der Waals surface area contributed by atoms with Gasteiger partial charge in [0, 0.05) is 45.1 Å². The van der Waals surface area contributed by atoms with Crippen molar-refractivity contribution in [3.8, 4) is 11.3 Å². The highest BCUT2D eigenvalue weighted by Crippen LogP contribution is 2.43. The minimum atomic E-state index is -5.08. The molecule has 13 nitrogen and oxygen atoms in total. The normalized spacial score (nSPS) is 16.1. The van der Waals surface area contributed by atoms with Crippen LogP contribution in [0.3, 0.4) is 0 Å². The van der Waals surface area contributed by atoms with Crippen molar-refractivity contribution in [2.75, 3.05) is 25.9 Å². The number of hydrogen-bond donors (Lipinski definition) is 3. The second-order valence-corrected chi connectivity index (χ2v) is 12.8. The van der Waals surface area contributed by atoms with E-state index in [0.717, 1.165) is 49.6 Å². The van der Waals surface area contributed by atoms with Gasteiger partial charge in [0.05, 0.1) is 23.7 Å². The maximum absolute atomic E-state index is 12.8. The molecule has 23 heteroatoms. The van der Waals surface area contributed by atoms with E-state index in [-0.39, 0.29) is 0 Å². The molecule has 0 saturated carbocycles. The number of carboxylic acids is 3. The van der Waals surface area contributed by atoms with Gasteiger partial charge in [-0.25, -0.2) is 27.8 Å². The van der Waals surface area contributed by atoms with Crippen molar-refractivity contribution in [1.82, 2.24) is 23.7 Å². The topological polar surface area (TPSA) is 183 Å². The molecule has 0 radical (unpaired) electrons. The Morgan fingerprint density at radius 1 is 0.750 bits per heavy atom. The number of sulfonamides is 1. The number of fused-ring (bicyclic) bond motifs is 2. The summed E-state index contributed by atoms with van der Waals surface area (Å²) in [6.45, 7) is 3.59. The third-order valence-electron chi connectivity index (χ3n) is 7.31. The van der Waals surface area contributed by atoms with E-state index in [9.17, 15) is 47.9 Å². The zero-order valence-electron chi connectivity index (χ0n) is 26.7. The molecule has 0 bridgehead atoms. The molecule has 3 N–H and O–H groups in total. The monoisotopic (exact) mass is 779 g/mol. The standard InChI is InChI=1S/C23H27N5O2S.3C2HF3O2/c1-31(29,30)28-16-15-27-21(20-5-3-2-4-6-20)17-25-22(27)23(28)9-13-26(14-10-23)18-19-7-11-24-12-8-19;3*3-2(4,5)1(6)7/h2-8,11-12,17H,9-10,13-16,18H2,1H3;3*(H,6,7). The maximum atomic E-state index is 12.8. The second-order valence-electron chi connectivity index (χ2n) is 10.9. The van der Waals surface area contributed by atoms with Gasteiger partial charge < -0.3 is 19.9 Å². The van der Waals surface area contributed by atoms with E-state index < -0.39 is 52.0 Å². The summed E-state index contributed by atoms with van der Waals surface area (Å²) in [5, 5.41) is 21.4. The minimum absolute atomic E-state index is 0.479. The fourth-order valence-electron chi connectivity index (χ4n) is 5.11. The van der Waals surface area contributed by atoms with Crippen LogP contribution >= 0.6 is 0 Å². The Morgan fingerprint density at radius 2 is 1.19 bits per heavy atom. The highest BCUT2D eigenvalue weighted by molar-refractivity contribution is 7.88. The molecular weight excluding hydrogens is 749 g/mol. The summed E-state index contributed by atoms with van der Waals surface area (Å²) in [4.78, 5) is 38.0. The smallest absolute Gasteiger partial charge is 0.475 e. The SMILES string of the molecule is CS(=O)(=O)N1CCn2c(-c3ccccc3)cnc2C12CCN(Cc1ccncc1)CC2.O=C(O)C(F)(F)F.O=C(O)C(F)(F)F.O=C(O)C(F)(F)F. The summed E-state index contributed by atoms with van der Waals surface area (Å²) in [5.41, 5.74) is 2.80. The van der Waals surface area contributed by atoms with E-state index in [0.29, 0.717) is 13.1 Å². The Labute approximate surface area is 289 Å². The maximum Gasteiger partial charge on any atom is 0.490 e. The van der Waals surface area contributed by atoms with Crippen molar-refractivity contribution >= 4 is 27.9 Å². The van der Waals surface area contributed by atoms with Crippen LogP contribution in [0.4, 0.5) is 39.5 Å². The average molecular weight is 780 g/mol. The number of carbonyl (C=O) groups is 3. The van der Waals surface area contributed by atoms with Crippen molar-refractivity contribution in [2.45, 2.75) is 50.0 Å². The molecule has 1 saturated heterocycles. The third kappa shape index (κ3) is 12.2. The molecule has 0 unspecified atom stereocenters. The Hall–Kier alpha value is -4.77. The number of pyridine rings is 1. The second kappa shape index (κ2) is 17.2. The van der Waals surface area contributed by atoms with Crippen LogP contribution in [0, 0.1) is 0 Å². The first-order valence-corrected chi connectivity index (χ1v) is 16.3. The van der Waals surface area contributed by atoms with E-state index in [4.69, 9.17) is 34.7 Å². The molecule has 4 heterocycles. The van der Waals surface area contributed by atoms with Crippen LogP contribution in [0.2, 0.25) is 0 Å². The summed E-state index contributed by atoms with van der Waals surface area (Å²) in [5.74, 6) is -7.39. The van der Waals surface area contributed by atoms with Crippen LogP contribution in [-0.4, -0.2) is 110 Å². The number of carboxylic acid groups (broad SMARTS) is 3. The van der Waals surface area contributed by atoms with Crippen LogP contribution < -0.4 is 0 Å². The van der Waals surface area contributed by atoms with Crippen molar-refractivity contribution in [2.24, 2.45) is 0 Å². The molecule has 1 fully saturated rings. The molecule has 3 aromatic rings. The zero-order chi connectivity index (χ0) is 39.7. The third-order valence-corrected chi connectivity index (χ3v) is 8.64. The quantitative estimate of drug-likeness (QED) is 0.315. The number of aliphatic carboxylic acids is 3. The van der Waals surface area contributed by atoms with Crippen LogP contribution in [0.5, 0.6) is 0 Å². The summed E-state index contributed by atoms with van der Waals surface area (Å²) < 4.78 is 125. The van der Waals surface area contributed by atoms with E-state index in [1.54, 1.807) is 4.31 Å². The van der Waals surface area contributed by atoms with Gasteiger partial charge in [-0.05, 0) is 36.1 Å². The molecule has 0 atom stereocenters. The number of rotatable bonds is 4. The first kappa shape index (κ1) is 43.4. The molecule has 1 spiro atoms. The number of aromatic nitrogens is 3. The number of imidazole rings is 1. The lowest BCUT2D eigenvalue weighted by Crippen LogP contribution is -2.59. The average Bonchev–Trinajstić information content (AvgIpc) is 3.48. The Balaban J connectivity index is 0.000000365. The molecule has 2 aromatic heterocycles. The van der Waals surface area contributed by atoms with Crippen LogP contribution in [-0.2, 0) is 43.0 Å². The molecule has 0 amide bonds. The molecule has 0 aliphatic carbocycles. The largest absolute Gasteiger partial charge is 0.490 e. The molecule has 288 valence electrons. The van der Waals surface area contributed by atoms with E-state index in [1.807, 2.05) is 48.9 Å². The number of halogens is 9. The lowest BCUT2D eigenvalue weighted by Gasteiger charge is -2.49. The van der Waals surface area contributed by atoms with Gasteiger partial charge >= 0.3 is 36.4 Å². The van der Waals surface area contributed by atoms with Crippen LogP contribution in [0.15, 0.2) is 61.1 Å². The number of nitrogens with zero attached hydrogens (tertiary/aromatic N) is 5. The van der Waals surface area contributed by atoms with Gasteiger partial charge in [0.2, 0.25) is 10.0 Å². The molecule has 1 aromatic carbocycles. The predicted octanol–water partition coefficient (Wildman–Crippen LogP) is 4.61. The number of likely N-dealkylation sites (tertiary alicyclic amines) is 1. The van der Waals surface area contributed by atoms with Gasteiger partial charge in [0.25, 0.3) is 0 Å². The van der Waals surface area contributed by atoms with Crippen molar-refractivity contribution in [1.29, 1.82) is 0 Å². The molecule has 2 aliphatic rings. The molecule has 2 aliphatic heterocycles. The lowest BCUT2D eigenvalue weighted by molar-refractivity contribution is -0.193. The Bertz CT molecular complexity index is 1700. The summed E-state index contributed by atoms with van der Waals surface area (Å²) >= 11 is 0. The van der Waals surface area contributed by atoms with Crippen molar-refractivity contribution < 1.29 is 77.6 Å². The Kier molecular flexibility index (Phi) is 14.3. The van der Waals surface area contributed by atoms with Gasteiger partial charge in [-0.2, -0.15) is 43.8 Å². The zero-order valence-corrected chi connectivity index (χ0v) is 27.5. The highest BCUT2D eigenvalue weighted by atomic mass is 32.2. The van der Waals surface area contributed by atoms with E-state index >= 15 is 0 Å². The molecule has 52 heavy (non-hydrogen) atoms. The number of hydrogen-bond acceptors (Lipinski definition) is 8. The summed E-state index contributed by atoms with van der Waals surface area (Å²) in [7, 11) is -3.36.